The Morgan fingerprint density at radius 3 is 2.80 bits per heavy atom. The van der Waals surface area contributed by atoms with E-state index in [0.29, 0.717) is 0 Å². The Hall–Kier alpha value is -1.88. The van der Waals surface area contributed by atoms with E-state index in [4.69, 9.17) is 0 Å². The first-order valence-corrected chi connectivity index (χ1v) is 6.97. The number of aryl methyl sites for hydroxylation is 1. The van der Waals surface area contributed by atoms with Crippen LogP contribution in [0.25, 0.3) is 0 Å². The molecule has 102 valence electrons. The van der Waals surface area contributed by atoms with Gasteiger partial charge >= 0.3 is 0 Å². The molecule has 3 nitrogen and oxygen atoms in total. The number of amides is 1. The number of carbonyl (C=O) groups is 1. The Morgan fingerprint density at radius 2 is 2.05 bits per heavy atom. The molecule has 1 atom stereocenters. The summed E-state index contributed by atoms with van der Waals surface area (Å²) in [5.41, 5.74) is 3.20. The van der Waals surface area contributed by atoms with Gasteiger partial charge in [-0.2, -0.15) is 0 Å². The summed E-state index contributed by atoms with van der Waals surface area (Å²) in [5.74, 6) is -0.395. The molecule has 0 aromatic heterocycles. The van der Waals surface area contributed by atoms with E-state index in [2.05, 4.69) is 26.6 Å². The van der Waals surface area contributed by atoms with Crippen LogP contribution in [-0.2, 0) is 4.79 Å². The average molecular weight is 335 g/mol. The molecule has 20 heavy (non-hydrogen) atoms. The molecule has 3 rings (SSSR count). The van der Waals surface area contributed by atoms with Crippen LogP contribution in [0.15, 0.2) is 40.9 Å². The summed E-state index contributed by atoms with van der Waals surface area (Å²) in [6.07, 6.45) is 0. The minimum atomic E-state index is -0.466. The molecule has 0 saturated heterocycles. The first kappa shape index (κ1) is 13.1. The fourth-order valence-corrected chi connectivity index (χ4v) is 2.70. The number of nitrogens with one attached hydrogen (secondary N) is 2. The molecule has 0 saturated carbocycles. The topological polar surface area (TPSA) is 41.1 Å². The highest BCUT2D eigenvalue weighted by atomic mass is 79.9. The van der Waals surface area contributed by atoms with E-state index in [1.54, 1.807) is 13.0 Å². The molecular formula is C15H12BrFN2O. The molecular weight excluding hydrogens is 323 g/mol. The highest BCUT2D eigenvalue weighted by molar-refractivity contribution is 9.10. The van der Waals surface area contributed by atoms with Gasteiger partial charge in [0, 0.05) is 21.4 Å². The fraction of sp³-hybridized carbons (Fsp3) is 0.133. The van der Waals surface area contributed by atoms with Gasteiger partial charge in [-0.3, -0.25) is 4.79 Å². The summed E-state index contributed by atoms with van der Waals surface area (Å²) < 4.78 is 14.0. The zero-order valence-corrected chi connectivity index (χ0v) is 12.3. The molecule has 0 radical (unpaired) electrons. The third-order valence-corrected chi connectivity index (χ3v) is 3.83. The molecule has 0 spiro atoms. The van der Waals surface area contributed by atoms with Crippen molar-refractivity contribution in [3.8, 4) is 0 Å². The van der Waals surface area contributed by atoms with Crippen LogP contribution in [-0.4, -0.2) is 5.91 Å². The molecule has 0 bridgehead atoms. The largest absolute Gasteiger partial charge is 0.370 e. The van der Waals surface area contributed by atoms with E-state index < -0.39 is 6.04 Å². The number of carbonyl (C=O) groups excluding carboxylic acids is 1. The van der Waals surface area contributed by atoms with Gasteiger partial charge in [-0.15, -0.1) is 0 Å². The van der Waals surface area contributed by atoms with Crippen molar-refractivity contribution in [2.45, 2.75) is 13.0 Å². The van der Waals surface area contributed by atoms with Crippen LogP contribution >= 0.6 is 15.9 Å². The van der Waals surface area contributed by atoms with Crippen LogP contribution in [0.2, 0.25) is 0 Å². The van der Waals surface area contributed by atoms with Crippen LogP contribution in [0.1, 0.15) is 17.2 Å². The van der Waals surface area contributed by atoms with Gasteiger partial charge in [-0.1, -0.05) is 15.9 Å². The second-order valence-electron chi connectivity index (χ2n) is 4.76. The summed E-state index contributed by atoms with van der Waals surface area (Å²) in [6, 6.07) is 9.64. The Kier molecular flexibility index (Phi) is 3.22. The molecule has 2 aromatic rings. The van der Waals surface area contributed by atoms with E-state index >= 15 is 0 Å². The standard InChI is InChI=1S/C15H12BrFN2O/c1-8-6-10(17)3-5-12(8)18-14-11-7-9(16)2-4-13(11)19-15(14)20/h2-7,14,18H,1H3,(H,19,20). The van der Waals surface area contributed by atoms with Crippen molar-refractivity contribution in [3.63, 3.8) is 0 Å². The number of hydrogen-bond acceptors (Lipinski definition) is 2. The molecule has 2 N–H and O–H groups in total. The molecule has 1 heterocycles. The zero-order valence-electron chi connectivity index (χ0n) is 10.7. The molecule has 2 aromatic carbocycles. The lowest BCUT2D eigenvalue weighted by molar-refractivity contribution is -0.116. The van der Waals surface area contributed by atoms with Gasteiger partial charge in [0.2, 0.25) is 0 Å². The number of anilines is 2. The molecule has 1 aliphatic heterocycles. The molecule has 5 heteroatoms. The van der Waals surface area contributed by atoms with Gasteiger partial charge in [-0.05, 0) is 48.9 Å². The number of fused-ring (bicyclic) bond motifs is 1. The van der Waals surface area contributed by atoms with E-state index in [-0.39, 0.29) is 11.7 Å². The van der Waals surface area contributed by atoms with E-state index in [1.165, 1.54) is 12.1 Å². The number of halogens is 2. The second kappa shape index (κ2) is 4.90. The third-order valence-electron chi connectivity index (χ3n) is 3.33. The van der Waals surface area contributed by atoms with Gasteiger partial charge in [-0.25, -0.2) is 4.39 Å². The van der Waals surface area contributed by atoms with Crippen molar-refractivity contribution in [3.05, 3.63) is 57.8 Å². The maximum atomic E-state index is 13.1. The van der Waals surface area contributed by atoms with E-state index in [0.717, 1.165) is 27.0 Å². The second-order valence-corrected chi connectivity index (χ2v) is 5.67. The maximum absolute atomic E-state index is 13.1. The third kappa shape index (κ3) is 2.29. The van der Waals surface area contributed by atoms with Crippen molar-refractivity contribution in [2.24, 2.45) is 0 Å². The van der Waals surface area contributed by atoms with Crippen molar-refractivity contribution < 1.29 is 9.18 Å². The normalized spacial score (nSPS) is 16.8. The lowest BCUT2D eigenvalue weighted by atomic mass is 10.1. The van der Waals surface area contributed by atoms with Crippen LogP contribution in [0, 0.1) is 12.7 Å². The Balaban J connectivity index is 1.95. The zero-order chi connectivity index (χ0) is 14.3. The average Bonchev–Trinajstić information content (AvgIpc) is 2.69. The summed E-state index contributed by atoms with van der Waals surface area (Å²) in [4.78, 5) is 12.1. The predicted octanol–water partition coefficient (Wildman–Crippen LogP) is 4.00. The molecule has 0 fully saturated rings. The van der Waals surface area contributed by atoms with Crippen molar-refractivity contribution in [1.82, 2.24) is 0 Å². The highest BCUT2D eigenvalue weighted by Crippen LogP contribution is 2.35. The van der Waals surface area contributed by atoms with Gasteiger partial charge in [0.05, 0.1) is 0 Å². The predicted molar refractivity (Wildman–Crippen MR) is 80.3 cm³/mol. The monoisotopic (exact) mass is 334 g/mol. The fourth-order valence-electron chi connectivity index (χ4n) is 2.32. The number of hydrogen-bond donors (Lipinski definition) is 2. The smallest absolute Gasteiger partial charge is 0.251 e. The number of benzene rings is 2. The Bertz CT molecular complexity index is 702. The molecule has 1 amide bonds. The molecule has 1 unspecified atom stereocenters. The lowest BCUT2D eigenvalue weighted by Gasteiger charge is -2.15. The van der Waals surface area contributed by atoms with Crippen molar-refractivity contribution >= 4 is 33.2 Å². The summed E-state index contributed by atoms with van der Waals surface area (Å²) in [6.45, 7) is 1.81. The maximum Gasteiger partial charge on any atom is 0.251 e. The van der Waals surface area contributed by atoms with Crippen molar-refractivity contribution in [1.29, 1.82) is 0 Å². The van der Waals surface area contributed by atoms with Gasteiger partial charge in [0.15, 0.2) is 0 Å². The highest BCUT2D eigenvalue weighted by Gasteiger charge is 2.30. The summed E-state index contributed by atoms with van der Waals surface area (Å²) in [7, 11) is 0. The van der Waals surface area contributed by atoms with Gasteiger partial charge < -0.3 is 10.6 Å². The first-order valence-electron chi connectivity index (χ1n) is 6.17. The molecule has 1 aliphatic rings. The summed E-state index contributed by atoms with van der Waals surface area (Å²) in [5, 5.41) is 6.00. The Morgan fingerprint density at radius 1 is 1.25 bits per heavy atom. The first-order chi connectivity index (χ1) is 9.54. The van der Waals surface area contributed by atoms with Crippen LogP contribution in [0.4, 0.5) is 15.8 Å². The van der Waals surface area contributed by atoms with Crippen LogP contribution in [0.5, 0.6) is 0 Å². The van der Waals surface area contributed by atoms with Gasteiger partial charge in [0.25, 0.3) is 5.91 Å². The van der Waals surface area contributed by atoms with E-state index in [9.17, 15) is 9.18 Å². The quantitative estimate of drug-likeness (QED) is 0.871. The van der Waals surface area contributed by atoms with Crippen LogP contribution < -0.4 is 10.6 Å². The summed E-state index contributed by atoms with van der Waals surface area (Å²) >= 11 is 3.41. The van der Waals surface area contributed by atoms with Crippen molar-refractivity contribution in [2.75, 3.05) is 10.6 Å². The minimum Gasteiger partial charge on any atom is -0.370 e. The Labute approximate surface area is 124 Å². The SMILES string of the molecule is Cc1cc(F)ccc1NC1C(=O)Nc2ccc(Br)cc21. The lowest BCUT2D eigenvalue weighted by Crippen LogP contribution is -2.20. The van der Waals surface area contributed by atoms with Crippen LogP contribution in [0.3, 0.4) is 0 Å². The van der Waals surface area contributed by atoms with Gasteiger partial charge in [0.1, 0.15) is 11.9 Å². The van der Waals surface area contributed by atoms with E-state index in [1.807, 2.05) is 18.2 Å². The minimum absolute atomic E-state index is 0.109. The molecule has 0 aliphatic carbocycles. The number of rotatable bonds is 2.